The van der Waals surface area contributed by atoms with Crippen molar-refractivity contribution in [2.24, 2.45) is 4.99 Å². The predicted octanol–water partition coefficient (Wildman–Crippen LogP) is 3.29. The molecule has 1 aliphatic heterocycles. The number of anilines is 1. The van der Waals surface area contributed by atoms with Crippen LogP contribution in [0.25, 0.3) is 6.08 Å². The van der Waals surface area contributed by atoms with Gasteiger partial charge in [0.25, 0.3) is 11.5 Å². The molecule has 4 aromatic rings. The number of hydrogen-bond donors (Lipinski definition) is 1. The van der Waals surface area contributed by atoms with Crippen LogP contribution in [0, 0.1) is 0 Å². The van der Waals surface area contributed by atoms with Crippen LogP contribution in [-0.4, -0.2) is 29.7 Å². The number of allylic oxidation sites excluding steroid dienone is 1. The van der Waals surface area contributed by atoms with Crippen molar-refractivity contribution in [3.05, 3.63) is 115 Å². The SMILES string of the molecule is COc1ccc([C@@H]2C(C(=O)Nc3ccccc3)=C(C)N=c3s/c(=C\c4ccncc4)c(=O)n32)c(OC)c1. The molecule has 5 rings (SSSR count). The van der Waals surface area contributed by atoms with Crippen LogP contribution in [-0.2, 0) is 4.79 Å². The van der Waals surface area contributed by atoms with Gasteiger partial charge in [-0.3, -0.25) is 19.1 Å². The second kappa shape index (κ2) is 10.2. The lowest BCUT2D eigenvalue weighted by atomic mass is 9.94. The Hall–Kier alpha value is -4.50. The lowest BCUT2D eigenvalue weighted by Gasteiger charge is -2.26. The summed E-state index contributed by atoms with van der Waals surface area (Å²) in [7, 11) is 3.12. The van der Waals surface area contributed by atoms with E-state index in [1.807, 2.05) is 36.4 Å². The van der Waals surface area contributed by atoms with Crippen molar-refractivity contribution in [2.75, 3.05) is 19.5 Å². The standard InChI is InChI=1S/C28H24N4O4S/c1-17-24(26(33)31-19-7-5-4-6-8-19)25(21-10-9-20(35-2)16-22(21)36-3)32-27(34)23(37-28(32)30-17)15-18-11-13-29-14-12-18/h4-16,25H,1-3H3,(H,31,33)/b23-15-/t25-/m1/s1. The van der Waals surface area contributed by atoms with E-state index in [9.17, 15) is 9.59 Å². The fourth-order valence-corrected chi connectivity index (χ4v) is 5.33. The average molecular weight is 513 g/mol. The molecule has 1 aliphatic rings. The van der Waals surface area contributed by atoms with E-state index in [1.165, 1.54) is 11.3 Å². The van der Waals surface area contributed by atoms with Gasteiger partial charge in [-0.25, -0.2) is 4.99 Å². The first-order valence-electron chi connectivity index (χ1n) is 11.5. The number of aromatic nitrogens is 2. The number of ether oxygens (including phenoxy) is 2. The van der Waals surface area contributed by atoms with E-state index in [-0.39, 0.29) is 11.5 Å². The van der Waals surface area contributed by atoms with Crippen molar-refractivity contribution >= 4 is 29.0 Å². The molecule has 3 heterocycles. The van der Waals surface area contributed by atoms with Gasteiger partial charge in [-0.05, 0) is 55.0 Å². The number of benzene rings is 2. The molecule has 2 aromatic heterocycles. The van der Waals surface area contributed by atoms with Crippen molar-refractivity contribution in [1.29, 1.82) is 0 Å². The maximum absolute atomic E-state index is 13.8. The summed E-state index contributed by atoms with van der Waals surface area (Å²) in [4.78, 5) is 36.7. The van der Waals surface area contributed by atoms with Gasteiger partial charge >= 0.3 is 0 Å². The normalized spacial score (nSPS) is 15.1. The summed E-state index contributed by atoms with van der Waals surface area (Å²) >= 11 is 1.27. The Labute approximate surface area is 216 Å². The van der Waals surface area contributed by atoms with Crippen molar-refractivity contribution in [2.45, 2.75) is 13.0 Å². The van der Waals surface area contributed by atoms with Crippen molar-refractivity contribution < 1.29 is 14.3 Å². The number of methoxy groups -OCH3 is 2. The van der Waals surface area contributed by atoms with Gasteiger partial charge in [0.2, 0.25) is 0 Å². The number of pyridine rings is 1. The minimum Gasteiger partial charge on any atom is -0.497 e. The smallest absolute Gasteiger partial charge is 0.271 e. The summed E-state index contributed by atoms with van der Waals surface area (Å²) in [6, 6.07) is 17.4. The topological polar surface area (TPSA) is 94.8 Å². The van der Waals surface area contributed by atoms with Crippen molar-refractivity contribution in [3.8, 4) is 11.5 Å². The maximum atomic E-state index is 13.8. The molecule has 1 amide bonds. The third-order valence-electron chi connectivity index (χ3n) is 6.04. The number of nitrogens with zero attached hydrogens (tertiary/aromatic N) is 3. The van der Waals surface area contributed by atoms with Gasteiger partial charge in [0.15, 0.2) is 4.80 Å². The molecule has 0 unspecified atom stereocenters. The number of rotatable bonds is 6. The molecule has 2 aromatic carbocycles. The van der Waals surface area contributed by atoms with Gasteiger partial charge in [-0.2, -0.15) is 0 Å². The largest absolute Gasteiger partial charge is 0.497 e. The summed E-state index contributed by atoms with van der Waals surface area (Å²) in [5.41, 5.74) is 2.76. The van der Waals surface area contributed by atoms with E-state index in [1.54, 1.807) is 68.4 Å². The lowest BCUT2D eigenvalue weighted by Crippen LogP contribution is -2.40. The highest BCUT2D eigenvalue weighted by Gasteiger charge is 2.34. The third-order valence-corrected chi connectivity index (χ3v) is 7.02. The molecule has 9 heteroatoms. The summed E-state index contributed by atoms with van der Waals surface area (Å²) < 4.78 is 13.1. The molecule has 0 aliphatic carbocycles. The highest BCUT2D eigenvalue weighted by atomic mass is 32.1. The zero-order chi connectivity index (χ0) is 25.9. The zero-order valence-electron chi connectivity index (χ0n) is 20.5. The molecule has 186 valence electrons. The number of carbonyl (C=O) groups is 1. The Morgan fingerprint density at radius 2 is 1.81 bits per heavy atom. The highest BCUT2D eigenvalue weighted by molar-refractivity contribution is 7.07. The van der Waals surface area contributed by atoms with E-state index >= 15 is 0 Å². The van der Waals surface area contributed by atoms with Gasteiger partial charge in [-0.1, -0.05) is 29.5 Å². The quantitative estimate of drug-likeness (QED) is 0.428. The molecular weight excluding hydrogens is 488 g/mol. The average Bonchev–Trinajstić information content (AvgIpc) is 3.22. The predicted molar refractivity (Wildman–Crippen MR) is 143 cm³/mol. The summed E-state index contributed by atoms with van der Waals surface area (Å²) in [6.07, 6.45) is 5.14. The molecule has 0 spiro atoms. The summed E-state index contributed by atoms with van der Waals surface area (Å²) in [6.45, 7) is 1.78. The van der Waals surface area contributed by atoms with Crippen LogP contribution in [0.3, 0.4) is 0 Å². The fourth-order valence-electron chi connectivity index (χ4n) is 4.28. The number of carbonyl (C=O) groups excluding carboxylic acids is 1. The zero-order valence-corrected chi connectivity index (χ0v) is 21.3. The van der Waals surface area contributed by atoms with E-state index < -0.39 is 6.04 Å². The minimum absolute atomic E-state index is 0.249. The molecule has 0 radical (unpaired) electrons. The molecule has 8 nitrogen and oxygen atoms in total. The van der Waals surface area contributed by atoms with Crippen molar-refractivity contribution in [1.82, 2.24) is 9.55 Å². The maximum Gasteiger partial charge on any atom is 0.271 e. The molecule has 1 N–H and O–H groups in total. The first kappa shape index (κ1) is 24.2. The Kier molecular flexibility index (Phi) is 6.70. The Bertz CT molecular complexity index is 1670. The molecule has 1 atom stereocenters. The Morgan fingerprint density at radius 3 is 2.51 bits per heavy atom. The Balaban J connectivity index is 1.72. The fraction of sp³-hybridized carbons (Fsp3) is 0.143. The van der Waals surface area contributed by atoms with Crippen LogP contribution in [0.1, 0.15) is 24.1 Å². The van der Waals surface area contributed by atoms with E-state index in [2.05, 4.69) is 15.3 Å². The monoisotopic (exact) mass is 512 g/mol. The second-order valence-electron chi connectivity index (χ2n) is 8.29. The molecule has 0 fully saturated rings. The molecule has 0 saturated carbocycles. The van der Waals surface area contributed by atoms with Gasteiger partial charge in [0.1, 0.15) is 17.5 Å². The van der Waals surface area contributed by atoms with Crippen LogP contribution in [0.4, 0.5) is 5.69 Å². The van der Waals surface area contributed by atoms with Crippen LogP contribution >= 0.6 is 11.3 Å². The third kappa shape index (κ3) is 4.68. The van der Waals surface area contributed by atoms with Gasteiger partial charge < -0.3 is 14.8 Å². The van der Waals surface area contributed by atoms with Gasteiger partial charge in [0, 0.05) is 29.7 Å². The second-order valence-corrected chi connectivity index (χ2v) is 9.30. The summed E-state index contributed by atoms with van der Waals surface area (Å²) in [5, 5.41) is 2.95. The summed E-state index contributed by atoms with van der Waals surface area (Å²) in [5.74, 6) is 0.744. The van der Waals surface area contributed by atoms with E-state index in [4.69, 9.17) is 9.47 Å². The lowest BCUT2D eigenvalue weighted by molar-refractivity contribution is -0.113. The highest BCUT2D eigenvalue weighted by Crippen LogP contribution is 2.37. The number of amides is 1. The number of para-hydroxylation sites is 1. The molecular formula is C28H24N4O4S. The number of fused-ring (bicyclic) bond motifs is 1. The Morgan fingerprint density at radius 1 is 1.05 bits per heavy atom. The number of hydrogen-bond acceptors (Lipinski definition) is 7. The van der Waals surface area contributed by atoms with Crippen LogP contribution < -0.4 is 29.7 Å². The minimum atomic E-state index is -0.764. The van der Waals surface area contributed by atoms with Gasteiger partial charge in [0.05, 0.1) is 30.0 Å². The van der Waals surface area contributed by atoms with E-state index in [0.29, 0.717) is 43.4 Å². The van der Waals surface area contributed by atoms with Crippen LogP contribution in [0.5, 0.6) is 11.5 Å². The van der Waals surface area contributed by atoms with Crippen LogP contribution in [0.2, 0.25) is 0 Å². The van der Waals surface area contributed by atoms with Crippen molar-refractivity contribution in [3.63, 3.8) is 0 Å². The first-order chi connectivity index (χ1) is 18.0. The van der Waals surface area contributed by atoms with E-state index in [0.717, 1.165) is 5.56 Å². The molecule has 37 heavy (non-hydrogen) atoms. The first-order valence-corrected chi connectivity index (χ1v) is 12.3. The number of nitrogens with one attached hydrogen (secondary N) is 1. The number of thiazole rings is 1. The molecule has 0 saturated heterocycles. The molecule has 0 bridgehead atoms. The van der Waals surface area contributed by atoms with Gasteiger partial charge in [-0.15, -0.1) is 0 Å². The van der Waals surface area contributed by atoms with Crippen LogP contribution in [0.15, 0.2) is 94.1 Å².